The summed E-state index contributed by atoms with van der Waals surface area (Å²) in [6, 6.07) is 8.20. The molecule has 0 radical (unpaired) electrons. The van der Waals surface area contributed by atoms with Gasteiger partial charge in [0.2, 0.25) is 0 Å². The van der Waals surface area contributed by atoms with Crippen molar-refractivity contribution >= 4 is 11.7 Å². The second-order valence-electron chi connectivity index (χ2n) is 5.88. The van der Waals surface area contributed by atoms with Crippen molar-refractivity contribution < 1.29 is 9.53 Å². The Bertz CT molecular complexity index is 439. The van der Waals surface area contributed by atoms with Gasteiger partial charge in [-0.25, -0.2) is 4.79 Å². The predicted octanol–water partition coefficient (Wildman–Crippen LogP) is 4.24. The van der Waals surface area contributed by atoms with Crippen molar-refractivity contribution in [1.82, 2.24) is 0 Å². The molecule has 0 saturated heterocycles. The van der Waals surface area contributed by atoms with Gasteiger partial charge in [0.05, 0.1) is 11.7 Å². The van der Waals surface area contributed by atoms with E-state index in [1.165, 1.54) is 25.7 Å². The smallest absolute Gasteiger partial charge is 0.338 e. The monoisotopic (exact) mass is 275 g/mol. The number of carbonyl (C=O) groups excluding carboxylic acids is 1. The maximum Gasteiger partial charge on any atom is 0.338 e. The Hall–Kier alpha value is -1.51. The fourth-order valence-electron chi connectivity index (χ4n) is 2.91. The van der Waals surface area contributed by atoms with E-state index in [4.69, 9.17) is 4.74 Å². The molecule has 1 aliphatic rings. The average molecular weight is 275 g/mol. The van der Waals surface area contributed by atoms with Crippen molar-refractivity contribution in [3.05, 3.63) is 29.8 Å². The molecule has 1 aliphatic carbocycles. The van der Waals surface area contributed by atoms with Gasteiger partial charge in [0.1, 0.15) is 0 Å². The fraction of sp³-hybridized carbons (Fsp3) is 0.588. The van der Waals surface area contributed by atoms with Gasteiger partial charge in [-0.2, -0.15) is 0 Å². The van der Waals surface area contributed by atoms with E-state index in [9.17, 15) is 4.79 Å². The topological polar surface area (TPSA) is 38.3 Å². The van der Waals surface area contributed by atoms with Crippen molar-refractivity contribution in [1.29, 1.82) is 0 Å². The lowest BCUT2D eigenvalue weighted by molar-refractivity contribution is 0.0378. The highest BCUT2D eigenvalue weighted by Crippen LogP contribution is 2.30. The zero-order chi connectivity index (χ0) is 14.5. The molecular formula is C17H25NO2. The van der Waals surface area contributed by atoms with Crippen LogP contribution in [0.3, 0.4) is 0 Å². The molecule has 0 heterocycles. The van der Waals surface area contributed by atoms with Crippen molar-refractivity contribution in [2.75, 3.05) is 5.32 Å². The summed E-state index contributed by atoms with van der Waals surface area (Å²) in [5.41, 5.74) is 1.71. The molecule has 20 heavy (non-hydrogen) atoms. The summed E-state index contributed by atoms with van der Waals surface area (Å²) in [7, 11) is 0. The second-order valence-corrected chi connectivity index (χ2v) is 5.88. The van der Waals surface area contributed by atoms with Crippen LogP contribution in [0.4, 0.5) is 5.69 Å². The van der Waals surface area contributed by atoms with E-state index in [1.807, 2.05) is 38.1 Å². The number of hydrogen-bond donors (Lipinski definition) is 1. The minimum absolute atomic E-state index is 0.0795. The number of benzene rings is 1. The van der Waals surface area contributed by atoms with Crippen molar-refractivity contribution in [2.45, 2.75) is 58.6 Å². The van der Waals surface area contributed by atoms with Crippen LogP contribution >= 0.6 is 0 Å². The minimum Gasteiger partial charge on any atom is -0.459 e. The fourth-order valence-corrected chi connectivity index (χ4v) is 2.91. The summed E-state index contributed by atoms with van der Waals surface area (Å²) in [4.78, 5) is 11.8. The maximum atomic E-state index is 11.8. The molecule has 3 nitrogen and oxygen atoms in total. The number of rotatable bonds is 5. The third-order valence-corrected chi connectivity index (χ3v) is 4.00. The SMILES string of the molecule is CCC1CCCC1Nc1ccc(C(=O)OC(C)C)cc1. The number of esters is 1. The molecule has 2 atom stereocenters. The molecule has 1 aromatic carbocycles. The standard InChI is InChI=1S/C17H25NO2/c1-4-13-6-5-7-16(13)18-15-10-8-14(9-11-15)17(19)20-12(2)3/h8-13,16,18H,4-7H2,1-3H3. The van der Waals surface area contributed by atoms with E-state index in [0.717, 1.165) is 11.6 Å². The molecule has 0 spiro atoms. The Morgan fingerprint density at radius 3 is 2.60 bits per heavy atom. The molecule has 0 amide bonds. The van der Waals surface area contributed by atoms with Gasteiger partial charge < -0.3 is 10.1 Å². The van der Waals surface area contributed by atoms with E-state index >= 15 is 0 Å². The number of ether oxygens (including phenoxy) is 1. The van der Waals surface area contributed by atoms with Crippen LogP contribution in [0.15, 0.2) is 24.3 Å². The van der Waals surface area contributed by atoms with E-state index in [-0.39, 0.29) is 12.1 Å². The lowest BCUT2D eigenvalue weighted by Crippen LogP contribution is -2.23. The average Bonchev–Trinajstić information content (AvgIpc) is 2.86. The minimum atomic E-state index is -0.251. The number of carbonyl (C=O) groups is 1. The summed E-state index contributed by atoms with van der Waals surface area (Å²) < 4.78 is 5.18. The Morgan fingerprint density at radius 2 is 2.00 bits per heavy atom. The van der Waals surface area contributed by atoms with Gasteiger partial charge in [0, 0.05) is 11.7 Å². The van der Waals surface area contributed by atoms with Crippen LogP contribution in [0.2, 0.25) is 0 Å². The first-order chi connectivity index (χ1) is 9.60. The first-order valence-electron chi connectivity index (χ1n) is 7.67. The molecule has 0 aromatic heterocycles. The van der Waals surface area contributed by atoms with Gasteiger partial charge in [-0.15, -0.1) is 0 Å². The summed E-state index contributed by atoms with van der Waals surface area (Å²) in [6.07, 6.45) is 5.04. The Balaban J connectivity index is 1.96. The van der Waals surface area contributed by atoms with Crippen LogP contribution in [0.25, 0.3) is 0 Å². The van der Waals surface area contributed by atoms with Gasteiger partial charge in [0.15, 0.2) is 0 Å². The van der Waals surface area contributed by atoms with Gasteiger partial charge in [-0.3, -0.25) is 0 Å². The third-order valence-electron chi connectivity index (χ3n) is 4.00. The highest BCUT2D eigenvalue weighted by molar-refractivity contribution is 5.89. The molecule has 2 rings (SSSR count). The van der Waals surface area contributed by atoms with E-state index in [0.29, 0.717) is 11.6 Å². The zero-order valence-corrected chi connectivity index (χ0v) is 12.7. The molecule has 110 valence electrons. The summed E-state index contributed by atoms with van der Waals surface area (Å²) in [5, 5.41) is 3.60. The van der Waals surface area contributed by atoms with Gasteiger partial charge in [-0.1, -0.05) is 19.8 Å². The predicted molar refractivity (Wildman–Crippen MR) is 82.0 cm³/mol. The molecule has 1 fully saturated rings. The van der Waals surface area contributed by atoms with E-state index in [1.54, 1.807) is 0 Å². The van der Waals surface area contributed by atoms with Crippen LogP contribution in [0.5, 0.6) is 0 Å². The second kappa shape index (κ2) is 6.78. The van der Waals surface area contributed by atoms with Crippen molar-refractivity contribution in [2.24, 2.45) is 5.92 Å². The third kappa shape index (κ3) is 3.75. The van der Waals surface area contributed by atoms with Crippen LogP contribution < -0.4 is 5.32 Å². The molecule has 1 aromatic rings. The summed E-state index contributed by atoms with van der Waals surface area (Å²) in [6.45, 7) is 5.98. The highest BCUT2D eigenvalue weighted by Gasteiger charge is 2.25. The lowest BCUT2D eigenvalue weighted by atomic mass is 10.0. The van der Waals surface area contributed by atoms with Crippen LogP contribution in [-0.2, 0) is 4.74 Å². The largest absolute Gasteiger partial charge is 0.459 e. The molecule has 0 bridgehead atoms. The van der Waals surface area contributed by atoms with Crippen molar-refractivity contribution in [3.63, 3.8) is 0 Å². The Kier molecular flexibility index (Phi) is 5.05. The number of nitrogens with one attached hydrogen (secondary N) is 1. The Labute approximate surface area is 121 Å². The molecular weight excluding hydrogens is 250 g/mol. The molecule has 2 unspecified atom stereocenters. The quantitative estimate of drug-likeness (QED) is 0.817. The first kappa shape index (κ1) is 14.9. The van der Waals surface area contributed by atoms with E-state index in [2.05, 4.69) is 12.2 Å². The zero-order valence-electron chi connectivity index (χ0n) is 12.7. The van der Waals surface area contributed by atoms with Crippen LogP contribution in [-0.4, -0.2) is 18.1 Å². The number of hydrogen-bond acceptors (Lipinski definition) is 3. The number of anilines is 1. The van der Waals surface area contributed by atoms with Crippen LogP contribution in [0.1, 0.15) is 56.8 Å². The summed E-state index contributed by atoms with van der Waals surface area (Å²) >= 11 is 0. The van der Waals surface area contributed by atoms with Crippen molar-refractivity contribution in [3.8, 4) is 0 Å². The van der Waals surface area contributed by atoms with E-state index < -0.39 is 0 Å². The normalized spacial score (nSPS) is 22.0. The Morgan fingerprint density at radius 1 is 1.30 bits per heavy atom. The maximum absolute atomic E-state index is 11.8. The lowest BCUT2D eigenvalue weighted by Gasteiger charge is -2.21. The van der Waals surface area contributed by atoms with Crippen LogP contribution in [0, 0.1) is 5.92 Å². The van der Waals surface area contributed by atoms with Gasteiger partial charge in [0.25, 0.3) is 0 Å². The summed E-state index contributed by atoms with van der Waals surface area (Å²) in [5.74, 6) is 0.527. The molecule has 0 aliphatic heterocycles. The molecule has 3 heteroatoms. The van der Waals surface area contributed by atoms with Gasteiger partial charge in [-0.05, 0) is 56.9 Å². The van der Waals surface area contributed by atoms with Gasteiger partial charge >= 0.3 is 5.97 Å². The molecule has 1 saturated carbocycles. The molecule has 1 N–H and O–H groups in total. The highest BCUT2D eigenvalue weighted by atomic mass is 16.5. The first-order valence-corrected chi connectivity index (χ1v) is 7.67.